The van der Waals surface area contributed by atoms with Crippen molar-refractivity contribution in [3.8, 4) is 0 Å². The van der Waals surface area contributed by atoms with E-state index in [1.807, 2.05) is 12.1 Å². The summed E-state index contributed by atoms with van der Waals surface area (Å²) in [5, 5.41) is 13.2. The highest BCUT2D eigenvalue weighted by molar-refractivity contribution is 7.17. The van der Waals surface area contributed by atoms with Crippen LogP contribution in [-0.2, 0) is 13.0 Å². The molecule has 3 heteroatoms. The molecular formula is C11H11ClOS. The summed E-state index contributed by atoms with van der Waals surface area (Å²) in [5.74, 6) is 0. The second-order valence-electron chi connectivity index (χ2n) is 3.18. The van der Waals surface area contributed by atoms with Crippen molar-refractivity contribution < 1.29 is 5.11 Å². The molecule has 0 aliphatic heterocycles. The minimum absolute atomic E-state index is 0.0137. The van der Waals surface area contributed by atoms with Crippen molar-refractivity contribution >= 4 is 33.0 Å². The Hall–Kier alpha value is -0.570. The second kappa shape index (κ2) is 3.89. The summed E-state index contributed by atoms with van der Waals surface area (Å²) in [6, 6.07) is 3.90. The zero-order valence-electron chi connectivity index (χ0n) is 7.88. The summed E-state index contributed by atoms with van der Waals surface area (Å²) in [7, 11) is 0. The van der Waals surface area contributed by atoms with E-state index in [0.29, 0.717) is 5.02 Å². The molecular weight excluding hydrogens is 216 g/mol. The first-order chi connectivity index (χ1) is 6.77. The van der Waals surface area contributed by atoms with Crippen LogP contribution in [0.2, 0.25) is 5.02 Å². The average molecular weight is 227 g/mol. The SMILES string of the molecule is CCc1csc2c(CO)c(Cl)ccc12. The summed E-state index contributed by atoms with van der Waals surface area (Å²) < 4.78 is 1.12. The van der Waals surface area contributed by atoms with E-state index in [4.69, 9.17) is 11.6 Å². The van der Waals surface area contributed by atoms with Crippen molar-refractivity contribution in [2.75, 3.05) is 0 Å². The maximum atomic E-state index is 9.22. The van der Waals surface area contributed by atoms with E-state index >= 15 is 0 Å². The predicted octanol–water partition coefficient (Wildman–Crippen LogP) is 3.61. The van der Waals surface area contributed by atoms with E-state index in [0.717, 1.165) is 16.7 Å². The first-order valence-electron chi connectivity index (χ1n) is 4.56. The fourth-order valence-corrected chi connectivity index (χ4v) is 3.08. The molecule has 0 spiro atoms. The minimum Gasteiger partial charge on any atom is -0.392 e. The van der Waals surface area contributed by atoms with Crippen molar-refractivity contribution in [1.29, 1.82) is 0 Å². The molecule has 2 rings (SSSR count). The van der Waals surface area contributed by atoms with Crippen molar-refractivity contribution in [2.24, 2.45) is 0 Å². The van der Waals surface area contributed by atoms with Gasteiger partial charge in [0, 0.05) is 15.3 Å². The number of halogens is 1. The van der Waals surface area contributed by atoms with Crippen molar-refractivity contribution in [1.82, 2.24) is 0 Å². The maximum Gasteiger partial charge on any atom is 0.0710 e. The summed E-state index contributed by atoms with van der Waals surface area (Å²) in [6.07, 6.45) is 1.02. The van der Waals surface area contributed by atoms with Crippen molar-refractivity contribution in [3.05, 3.63) is 33.7 Å². The first-order valence-corrected chi connectivity index (χ1v) is 5.82. The van der Waals surface area contributed by atoms with E-state index in [-0.39, 0.29) is 6.61 Å². The fourth-order valence-electron chi connectivity index (χ4n) is 1.61. The topological polar surface area (TPSA) is 20.2 Å². The van der Waals surface area contributed by atoms with Crippen LogP contribution in [0.3, 0.4) is 0 Å². The minimum atomic E-state index is 0.0137. The summed E-state index contributed by atoms with van der Waals surface area (Å²) in [6.45, 7) is 2.15. The van der Waals surface area contributed by atoms with Crippen LogP contribution in [-0.4, -0.2) is 5.11 Å². The number of aliphatic hydroxyl groups excluding tert-OH is 1. The number of rotatable bonds is 2. The van der Waals surface area contributed by atoms with Gasteiger partial charge in [0.1, 0.15) is 0 Å². The highest BCUT2D eigenvalue weighted by atomic mass is 35.5. The Morgan fingerprint density at radius 3 is 2.86 bits per heavy atom. The number of aryl methyl sites for hydroxylation is 1. The lowest BCUT2D eigenvalue weighted by Crippen LogP contribution is -1.85. The molecule has 1 heterocycles. The molecule has 0 saturated carbocycles. The van der Waals surface area contributed by atoms with Gasteiger partial charge in [-0.15, -0.1) is 11.3 Å². The molecule has 1 aromatic carbocycles. The number of aliphatic hydroxyl groups is 1. The molecule has 1 aromatic heterocycles. The Kier molecular flexibility index (Phi) is 2.77. The van der Waals surface area contributed by atoms with Gasteiger partial charge >= 0.3 is 0 Å². The summed E-state index contributed by atoms with van der Waals surface area (Å²) >= 11 is 7.66. The zero-order chi connectivity index (χ0) is 10.1. The second-order valence-corrected chi connectivity index (χ2v) is 4.46. The largest absolute Gasteiger partial charge is 0.392 e. The van der Waals surface area contributed by atoms with E-state index < -0.39 is 0 Å². The van der Waals surface area contributed by atoms with Crippen LogP contribution in [0.5, 0.6) is 0 Å². The van der Waals surface area contributed by atoms with Gasteiger partial charge < -0.3 is 5.11 Å². The number of fused-ring (bicyclic) bond motifs is 1. The van der Waals surface area contributed by atoms with Crippen LogP contribution in [0.4, 0.5) is 0 Å². The Bertz CT molecular complexity index is 462. The Labute approximate surface area is 91.9 Å². The molecule has 1 nitrogen and oxygen atoms in total. The van der Waals surface area contributed by atoms with Crippen LogP contribution >= 0.6 is 22.9 Å². The van der Waals surface area contributed by atoms with Gasteiger partial charge in [0.2, 0.25) is 0 Å². The standard InChI is InChI=1S/C11H11ClOS/c1-2-7-6-14-11-8(7)3-4-10(12)9(11)5-13/h3-4,6,13H,2,5H2,1H3. The smallest absolute Gasteiger partial charge is 0.0710 e. The normalized spacial score (nSPS) is 11.1. The molecule has 0 bridgehead atoms. The van der Waals surface area contributed by atoms with Gasteiger partial charge in [0.25, 0.3) is 0 Å². The molecule has 0 fully saturated rings. The monoisotopic (exact) mass is 226 g/mol. The number of hydrogen-bond acceptors (Lipinski definition) is 2. The maximum absolute atomic E-state index is 9.22. The third-order valence-corrected chi connectivity index (χ3v) is 3.87. The van der Waals surface area contributed by atoms with Gasteiger partial charge in [-0.3, -0.25) is 0 Å². The van der Waals surface area contributed by atoms with Crippen LogP contribution in [0.25, 0.3) is 10.1 Å². The Morgan fingerprint density at radius 1 is 1.43 bits per heavy atom. The number of thiophene rings is 1. The quantitative estimate of drug-likeness (QED) is 0.830. The lowest BCUT2D eigenvalue weighted by atomic mass is 10.1. The molecule has 0 unspecified atom stereocenters. The van der Waals surface area contributed by atoms with Crippen LogP contribution in [0.1, 0.15) is 18.1 Å². The molecule has 74 valence electrons. The van der Waals surface area contributed by atoms with Crippen molar-refractivity contribution in [3.63, 3.8) is 0 Å². The highest BCUT2D eigenvalue weighted by Gasteiger charge is 2.09. The predicted molar refractivity (Wildman–Crippen MR) is 62.1 cm³/mol. The van der Waals surface area contributed by atoms with E-state index in [1.165, 1.54) is 10.9 Å². The summed E-state index contributed by atoms with van der Waals surface area (Å²) in [4.78, 5) is 0. The molecule has 1 N–H and O–H groups in total. The molecule has 2 aromatic rings. The third kappa shape index (κ3) is 1.44. The van der Waals surface area contributed by atoms with Gasteiger partial charge in [-0.2, -0.15) is 0 Å². The van der Waals surface area contributed by atoms with E-state index in [2.05, 4.69) is 12.3 Å². The van der Waals surface area contributed by atoms with E-state index in [9.17, 15) is 5.11 Å². The molecule has 14 heavy (non-hydrogen) atoms. The lowest BCUT2D eigenvalue weighted by molar-refractivity contribution is 0.283. The molecule has 0 saturated heterocycles. The lowest BCUT2D eigenvalue weighted by Gasteiger charge is -2.02. The van der Waals surface area contributed by atoms with Crippen LogP contribution < -0.4 is 0 Å². The highest BCUT2D eigenvalue weighted by Crippen LogP contribution is 2.33. The van der Waals surface area contributed by atoms with Gasteiger partial charge in [0.05, 0.1) is 6.61 Å². The molecule has 0 atom stereocenters. The molecule has 0 amide bonds. The number of hydrogen-bond donors (Lipinski definition) is 1. The average Bonchev–Trinajstić information content (AvgIpc) is 2.60. The summed E-state index contributed by atoms with van der Waals surface area (Å²) in [5.41, 5.74) is 2.19. The van der Waals surface area contributed by atoms with E-state index in [1.54, 1.807) is 11.3 Å². The molecule has 0 aliphatic carbocycles. The number of benzene rings is 1. The first kappa shape index (κ1) is 9.97. The fraction of sp³-hybridized carbons (Fsp3) is 0.273. The Balaban J connectivity index is 2.76. The van der Waals surface area contributed by atoms with Gasteiger partial charge in [0.15, 0.2) is 0 Å². The molecule has 0 aliphatic rings. The Morgan fingerprint density at radius 2 is 2.21 bits per heavy atom. The van der Waals surface area contributed by atoms with Crippen molar-refractivity contribution in [2.45, 2.75) is 20.0 Å². The van der Waals surface area contributed by atoms with Gasteiger partial charge in [-0.05, 0) is 28.8 Å². The van der Waals surface area contributed by atoms with Crippen LogP contribution in [0, 0.1) is 0 Å². The van der Waals surface area contributed by atoms with Crippen LogP contribution in [0.15, 0.2) is 17.5 Å². The third-order valence-electron chi connectivity index (χ3n) is 2.41. The molecule has 0 radical (unpaired) electrons. The van der Waals surface area contributed by atoms with Gasteiger partial charge in [-0.1, -0.05) is 24.6 Å². The van der Waals surface area contributed by atoms with Gasteiger partial charge in [-0.25, -0.2) is 0 Å². The zero-order valence-corrected chi connectivity index (χ0v) is 9.45.